The van der Waals surface area contributed by atoms with E-state index in [-0.39, 0.29) is 0 Å². The van der Waals surface area contributed by atoms with E-state index in [4.69, 9.17) is 5.10 Å². The molecule has 16 heavy (non-hydrogen) atoms. The lowest BCUT2D eigenvalue weighted by Gasteiger charge is -2.09. The Balaban J connectivity index is 1.96. The van der Waals surface area contributed by atoms with Crippen molar-refractivity contribution in [1.29, 1.82) is 0 Å². The molecule has 0 saturated heterocycles. The third-order valence-electron chi connectivity index (χ3n) is 3.79. The highest BCUT2D eigenvalue weighted by molar-refractivity contribution is 5.35. The van der Waals surface area contributed by atoms with Crippen molar-refractivity contribution in [2.24, 2.45) is 11.8 Å². The molecule has 1 saturated carbocycles. The fourth-order valence-corrected chi connectivity index (χ4v) is 2.94. The number of rotatable bonds is 3. The van der Waals surface area contributed by atoms with Gasteiger partial charge in [-0.25, -0.2) is 0 Å². The van der Waals surface area contributed by atoms with Crippen LogP contribution >= 0.6 is 0 Å². The van der Waals surface area contributed by atoms with Crippen LogP contribution < -0.4 is 0 Å². The Hall–Kier alpha value is -0.790. The van der Waals surface area contributed by atoms with Crippen molar-refractivity contribution in [3.05, 3.63) is 17.0 Å². The van der Waals surface area contributed by atoms with Gasteiger partial charge in [0.15, 0.2) is 0 Å². The van der Waals surface area contributed by atoms with E-state index in [1.165, 1.54) is 31.4 Å². The Kier molecular flexibility index (Phi) is 2.34. The Morgan fingerprint density at radius 2 is 2.06 bits per heavy atom. The smallest absolute Gasteiger partial charge is 0.0690 e. The highest BCUT2D eigenvalue weighted by Gasteiger charge is 2.34. The summed E-state index contributed by atoms with van der Waals surface area (Å²) < 4.78 is 2.32. The van der Waals surface area contributed by atoms with Gasteiger partial charge in [-0.1, -0.05) is 20.8 Å². The van der Waals surface area contributed by atoms with Gasteiger partial charge in [0.2, 0.25) is 0 Å². The van der Waals surface area contributed by atoms with Crippen LogP contribution in [0.5, 0.6) is 0 Å². The summed E-state index contributed by atoms with van der Waals surface area (Å²) in [6.45, 7) is 8.03. The molecule has 1 atom stereocenters. The average Bonchev–Trinajstić information content (AvgIpc) is 2.89. The Morgan fingerprint density at radius 3 is 2.69 bits per heavy atom. The molecule has 1 unspecified atom stereocenters. The van der Waals surface area contributed by atoms with Crippen LogP contribution in [0.3, 0.4) is 0 Å². The van der Waals surface area contributed by atoms with Gasteiger partial charge in [0.1, 0.15) is 0 Å². The van der Waals surface area contributed by atoms with Gasteiger partial charge in [0.25, 0.3) is 0 Å². The van der Waals surface area contributed by atoms with Gasteiger partial charge in [-0.3, -0.25) is 4.68 Å². The minimum atomic E-state index is 0.701. The molecule has 0 aromatic carbocycles. The quantitative estimate of drug-likeness (QED) is 0.762. The highest BCUT2D eigenvalue weighted by atomic mass is 15.3. The molecule has 1 fully saturated rings. The predicted octanol–water partition coefficient (Wildman–Crippen LogP) is 3.15. The fraction of sp³-hybridized carbons (Fsp3) is 0.786. The van der Waals surface area contributed by atoms with Crippen LogP contribution in [-0.2, 0) is 19.4 Å². The van der Waals surface area contributed by atoms with Crippen molar-refractivity contribution >= 4 is 0 Å². The maximum atomic E-state index is 4.89. The maximum absolute atomic E-state index is 4.89. The normalized spacial score (nSPS) is 24.1. The molecule has 0 aliphatic heterocycles. The number of hydrogen-bond acceptors (Lipinski definition) is 1. The third kappa shape index (κ3) is 1.68. The predicted molar refractivity (Wildman–Crippen MR) is 65.6 cm³/mol. The Bertz CT molecular complexity index is 399. The van der Waals surface area contributed by atoms with E-state index < -0.39 is 0 Å². The average molecular weight is 218 g/mol. The SMILES string of the molecule is CC(C)Cn1nc(C2CC2)c2c1CC(C)C2. The van der Waals surface area contributed by atoms with Gasteiger partial charge in [-0.15, -0.1) is 0 Å². The zero-order valence-electron chi connectivity index (χ0n) is 10.7. The van der Waals surface area contributed by atoms with Crippen molar-refractivity contribution in [1.82, 2.24) is 9.78 Å². The number of hydrogen-bond donors (Lipinski definition) is 0. The van der Waals surface area contributed by atoms with E-state index in [9.17, 15) is 0 Å². The summed E-state index contributed by atoms with van der Waals surface area (Å²) in [4.78, 5) is 0. The number of aromatic nitrogens is 2. The van der Waals surface area contributed by atoms with E-state index >= 15 is 0 Å². The molecular weight excluding hydrogens is 196 g/mol. The Labute approximate surface area is 98.0 Å². The Morgan fingerprint density at radius 1 is 1.31 bits per heavy atom. The van der Waals surface area contributed by atoms with Crippen molar-refractivity contribution < 1.29 is 0 Å². The van der Waals surface area contributed by atoms with Gasteiger partial charge < -0.3 is 0 Å². The summed E-state index contributed by atoms with van der Waals surface area (Å²) in [7, 11) is 0. The van der Waals surface area contributed by atoms with E-state index in [1.807, 2.05) is 0 Å². The molecule has 2 aliphatic carbocycles. The largest absolute Gasteiger partial charge is 0.269 e. The van der Waals surface area contributed by atoms with Gasteiger partial charge >= 0.3 is 0 Å². The van der Waals surface area contributed by atoms with Crippen LogP contribution in [0.2, 0.25) is 0 Å². The minimum absolute atomic E-state index is 0.701. The molecule has 1 aromatic heterocycles. The third-order valence-corrected chi connectivity index (χ3v) is 3.79. The van der Waals surface area contributed by atoms with E-state index in [1.54, 1.807) is 11.3 Å². The van der Waals surface area contributed by atoms with Crippen LogP contribution in [0.25, 0.3) is 0 Å². The molecule has 0 bridgehead atoms. The molecule has 2 nitrogen and oxygen atoms in total. The van der Waals surface area contributed by atoms with E-state index in [2.05, 4.69) is 25.5 Å². The molecule has 1 aromatic rings. The summed E-state index contributed by atoms with van der Waals surface area (Å²) in [6, 6.07) is 0. The first-order valence-corrected chi connectivity index (χ1v) is 6.73. The lowest BCUT2D eigenvalue weighted by molar-refractivity contribution is 0.457. The molecule has 2 heteroatoms. The lowest BCUT2D eigenvalue weighted by Crippen LogP contribution is -2.10. The molecule has 0 N–H and O–H groups in total. The second-order valence-electron chi connectivity index (χ2n) is 6.17. The number of nitrogens with zero attached hydrogens (tertiary/aromatic N) is 2. The van der Waals surface area contributed by atoms with Crippen LogP contribution in [0, 0.1) is 11.8 Å². The zero-order chi connectivity index (χ0) is 11.3. The molecule has 0 amide bonds. The van der Waals surface area contributed by atoms with E-state index in [0.29, 0.717) is 5.92 Å². The van der Waals surface area contributed by atoms with Crippen molar-refractivity contribution in [3.8, 4) is 0 Å². The van der Waals surface area contributed by atoms with Crippen molar-refractivity contribution in [3.63, 3.8) is 0 Å². The molecule has 88 valence electrons. The second kappa shape index (κ2) is 3.61. The van der Waals surface area contributed by atoms with Crippen LogP contribution in [-0.4, -0.2) is 9.78 Å². The fourth-order valence-electron chi connectivity index (χ4n) is 2.94. The van der Waals surface area contributed by atoms with Crippen molar-refractivity contribution in [2.45, 2.75) is 58.9 Å². The van der Waals surface area contributed by atoms with Gasteiger partial charge in [-0.2, -0.15) is 5.10 Å². The zero-order valence-corrected chi connectivity index (χ0v) is 10.7. The molecule has 1 heterocycles. The second-order valence-corrected chi connectivity index (χ2v) is 6.17. The molecule has 3 rings (SSSR count). The van der Waals surface area contributed by atoms with Crippen LogP contribution in [0.1, 0.15) is 56.5 Å². The van der Waals surface area contributed by atoms with Gasteiger partial charge in [0.05, 0.1) is 5.69 Å². The molecular formula is C14H22N2. The van der Waals surface area contributed by atoms with Crippen molar-refractivity contribution in [2.75, 3.05) is 0 Å². The standard InChI is InChI=1S/C14H22N2/c1-9(2)8-16-13-7-10(3)6-12(13)14(15-16)11-4-5-11/h9-11H,4-8H2,1-3H3. The van der Waals surface area contributed by atoms with E-state index in [0.717, 1.165) is 18.4 Å². The van der Waals surface area contributed by atoms with Gasteiger partial charge in [0, 0.05) is 18.2 Å². The molecule has 0 radical (unpaired) electrons. The first-order valence-electron chi connectivity index (χ1n) is 6.73. The number of fused-ring (bicyclic) bond motifs is 1. The maximum Gasteiger partial charge on any atom is 0.0690 e. The summed E-state index contributed by atoms with van der Waals surface area (Å²) >= 11 is 0. The minimum Gasteiger partial charge on any atom is -0.269 e. The molecule has 0 spiro atoms. The summed E-state index contributed by atoms with van der Waals surface area (Å²) in [6.07, 6.45) is 5.28. The summed E-state index contributed by atoms with van der Waals surface area (Å²) in [5.74, 6) is 2.35. The topological polar surface area (TPSA) is 17.8 Å². The molecule has 2 aliphatic rings. The highest BCUT2D eigenvalue weighted by Crippen LogP contribution is 2.44. The van der Waals surface area contributed by atoms with Gasteiger partial charge in [-0.05, 0) is 43.1 Å². The summed E-state index contributed by atoms with van der Waals surface area (Å²) in [5, 5.41) is 4.89. The first-order chi connectivity index (χ1) is 7.65. The van der Waals surface area contributed by atoms with Crippen LogP contribution in [0.4, 0.5) is 0 Å². The van der Waals surface area contributed by atoms with Crippen LogP contribution in [0.15, 0.2) is 0 Å². The summed E-state index contributed by atoms with van der Waals surface area (Å²) in [5.41, 5.74) is 4.64. The first kappa shape index (κ1) is 10.4. The monoisotopic (exact) mass is 218 g/mol. The lowest BCUT2D eigenvalue weighted by atomic mass is 10.1.